The fourth-order valence-corrected chi connectivity index (χ4v) is 3.35. The second-order valence-corrected chi connectivity index (χ2v) is 7.10. The van der Waals surface area contributed by atoms with Crippen LogP contribution in [0.5, 0.6) is 0 Å². The van der Waals surface area contributed by atoms with Crippen molar-refractivity contribution in [2.24, 2.45) is 0 Å². The molecule has 2 aromatic rings. The fourth-order valence-electron chi connectivity index (χ4n) is 2.84. The van der Waals surface area contributed by atoms with Crippen LogP contribution < -0.4 is 5.32 Å². The van der Waals surface area contributed by atoms with Crippen LogP contribution >= 0.6 is 23.8 Å². The lowest BCUT2D eigenvalue weighted by Crippen LogP contribution is -2.49. The summed E-state index contributed by atoms with van der Waals surface area (Å²) in [5.41, 5.74) is 3.27. The zero-order valence-corrected chi connectivity index (χ0v) is 15.7. The molecule has 1 aliphatic heterocycles. The molecule has 0 aliphatic carbocycles. The van der Waals surface area contributed by atoms with E-state index in [0.29, 0.717) is 0 Å². The molecule has 1 aliphatic rings. The quantitative estimate of drug-likeness (QED) is 0.803. The molecule has 1 heterocycles. The summed E-state index contributed by atoms with van der Waals surface area (Å²) in [6.07, 6.45) is 0. The fraction of sp³-hybridized carbons (Fsp3) is 0.316. The molecule has 0 spiro atoms. The van der Waals surface area contributed by atoms with E-state index in [9.17, 15) is 4.39 Å². The van der Waals surface area contributed by atoms with E-state index in [2.05, 4.69) is 34.2 Å². The third-order valence-corrected chi connectivity index (χ3v) is 5.00. The lowest BCUT2D eigenvalue weighted by Gasteiger charge is -2.36. The van der Waals surface area contributed by atoms with Crippen LogP contribution in [0, 0.1) is 12.7 Å². The first-order valence-electron chi connectivity index (χ1n) is 8.30. The van der Waals surface area contributed by atoms with Crippen molar-refractivity contribution in [3.8, 4) is 0 Å². The van der Waals surface area contributed by atoms with Gasteiger partial charge in [-0.05, 0) is 49.0 Å². The van der Waals surface area contributed by atoms with Gasteiger partial charge in [-0.25, -0.2) is 4.39 Å². The van der Waals surface area contributed by atoms with Gasteiger partial charge >= 0.3 is 0 Å². The lowest BCUT2D eigenvalue weighted by molar-refractivity contribution is 0.177. The van der Waals surface area contributed by atoms with Gasteiger partial charge in [-0.3, -0.25) is 4.90 Å². The molecule has 25 heavy (non-hydrogen) atoms. The highest BCUT2D eigenvalue weighted by Crippen LogP contribution is 2.18. The molecular weight excluding hydrogens is 357 g/mol. The average Bonchev–Trinajstić information content (AvgIpc) is 2.61. The van der Waals surface area contributed by atoms with E-state index in [1.54, 1.807) is 12.1 Å². The largest absolute Gasteiger partial charge is 0.346 e. The second kappa shape index (κ2) is 8.13. The minimum atomic E-state index is -0.372. The zero-order valence-electron chi connectivity index (χ0n) is 14.1. The minimum Gasteiger partial charge on any atom is -0.346 e. The Labute approximate surface area is 158 Å². The Balaban J connectivity index is 1.50. The topological polar surface area (TPSA) is 18.5 Å². The third kappa shape index (κ3) is 4.91. The van der Waals surface area contributed by atoms with Crippen molar-refractivity contribution >= 4 is 34.6 Å². The van der Waals surface area contributed by atoms with Gasteiger partial charge in [0.15, 0.2) is 5.11 Å². The third-order valence-electron chi connectivity index (χ3n) is 4.35. The van der Waals surface area contributed by atoms with Crippen LogP contribution in [0.15, 0.2) is 42.5 Å². The van der Waals surface area contributed by atoms with Crippen LogP contribution in [-0.4, -0.2) is 41.1 Å². The highest BCUT2D eigenvalue weighted by molar-refractivity contribution is 7.80. The number of rotatable bonds is 3. The molecular formula is C19H21ClFN3S. The molecule has 6 heteroatoms. The first-order valence-corrected chi connectivity index (χ1v) is 9.09. The molecule has 0 atom stereocenters. The number of thiocarbonyl (C=S) groups is 1. The minimum absolute atomic E-state index is 0.180. The van der Waals surface area contributed by atoms with E-state index in [1.165, 1.54) is 11.6 Å². The maximum atomic E-state index is 13.2. The molecule has 0 bridgehead atoms. The number of aryl methyl sites for hydroxylation is 1. The lowest BCUT2D eigenvalue weighted by atomic mass is 10.2. The number of hydrogen-bond acceptors (Lipinski definition) is 2. The molecule has 0 amide bonds. The highest BCUT2D eigenvalue weighted by Gasteiger charge is 2.19. The van der Waals surface area contributed by atoms with Crippen molar-refractivity contribution in [1.29, 1.82) is 0 Å². The van der Waals surface area contributed by atoms with Gasteiger partial charge in [0.1, 0.15) is 5.82 Å². The summed E-state index contributed by atoms with van der Waals surface area (Å²) >= 11 is 11.4. The molecule has 0 saturated carbocycles. The van der Waals surface area contributed by atoms with Gasteiger partial charge in [-0.15, -0.1) is 0 Å². The van der Waals surface area contributed by atoms with Crippen LogP contribution in [0.3, 0.4) is 0 Å². The van der Waals surface area contributed by atoms with E-state index in [0.717, 1.165) is 49.1 Å². The smallest absolute Gasteiger partial charge is 0.173 e. The second-order valence-electron chi connectivity index (χ2n) is 6.31. The summed E-state index contributed by atoms with van der Waals surface area (Å²) in [6, 6.07) is 13.1. The Morgan fingerprint density at radius 3 is 2.44 bits per heavy atom. The molecule has 1 N–H and O–H groups in total. The SMILES string of the molecule is Cc1ccc(NC(=S)N2CCN(Cc3ccc(F)c(Cl)c3)CC2)cc1. The molecule has 1 fully saturated rings. The van der Waals surface area contributed by atoms with E-state index >= 15 is 0 Å². The van der Waals surface area contributed by atoms with Crippen molar-refractivity contribution in [1.82, 2.24) is 9.80 Å². The summed E-state index contributed by atoms with van der Waals surface area (Å²) in [6.45, 7) is 6.39. The van der Waals surface area contributed by atoms with Gasteiger partial charge in [0.05, 0.1) is 5.02 Å². The van der Waals surface area contributed by atoms with Gasteiger partial charge in [0, 0.05) is 38.4 Å². The summed E-state index contributed by atoms with van der Waals surface area (Å²) in [5, 5.41) is 4.23. The number of halogens is 2. The van der Waals surface area contributed by atoms with E-state index < -0.39 is 0 Å². The van der Waals surface area contributed by atoms with E-state index in [4.69, 9.17) is 23.8 Å². The first-order chi connectivity index (χ1) is 12.0. The molecule has 0 aromatic heterocycles. The predicted molar refractivity (Wildman–Crippen MR) is 106 cm³/mol. The summed E-state index contributed by atoms with van der Waals surface area (Å²) in [7, 11) is 0. The van der Waals surface area contributed by atoms with E-state index in [-0.39, 0.29) is 10.8 Å². The Bertz CT molecular complexity index is 743. The number of nitrogens with one attached hydrogen (secondary N) is 1. The molecule has 1 saturated heterocycles. The molecule has 3 nitrogen and oxygen atoms in total. The average molecular weight is 378 g/mol. The summed E-state index contributed by atoms with van der Waals surface area (Å²) in [5.74, 6) is -0.372. The number of anilines is 1. The predicted octanol–water partition coefficient (Wildman–Crippen LogP) is 4.30. The van der Waals surface area contributed by atoms with Gasteiger partial charge in [0.25, 0.3) is 0 Å². The van der Waals surface area contributed by atoms with Crippen LogP contribution in [-0.2, 0) is 6.54 Å². The summed E-state index contributed by atoms with van der Waals surface area (Å²) in [4.78, 5) is 4.51. The first kappa shape index (κ1) is 18.1. The summed E-state index contributed by atoms with van der Waals surface area (Å²) < 4.78 is 13.2. The maximum Gasteiger partial charge on any atom is 0.173 e. The Morgan fingerprint density at radius 2 is 1.80 bits per heavy atom. The number of piperazine rings is 1. The molecule has 132 valence electrons. The standard InChI is InChI=1S/C19H21ClFN3S/c1-14-2-5-16(6-3-14)22-19(25)24-10-8-23(9-11-24)13-15-4-7-18(21)17(20)12-15/h2-7,12H,8-11,13H2,1H3,(H,22,25). The van der Waals surface area contributed by atoms with Crippen molar-refractivity contribution in [3.05, 3.63) is 64.4 Å². The van der Waals surface area contributed by atoms with E-state index in [1.807, 2.05) is 12.1 Å². The molecule has 3 rings (SSSR count). The number of nitrogens with zero attached hydrogens (tertiary/aromatic N) is 2. The van der Waals surface area contributed by atoms with Crippen LogP contribution in [0.25, 0.3) is 0 Å². The van der Waals surface area contributed by atoms with Gasteiger partial charge in [0.2, 0.25) is 0 Å². The molecule has 0 unspecified atom stereocenters. The van der Waals surface area contributed by atoms with Gasteiger partial charge in [-0.2, -0.15) is 0 Å². The van der Waals surface area contributed by atoms with Crippen LogP contribution in [0.2, 0.25) is 5.02 Å². The Hall–Kier alpha value is -1.69. The normalized spacial score (nSPS) is 15.2. The molecule has 2 aromatic carbocycles. The monoisotopic (exact) mass is 377 g/mol. The molecule has 0 radical (unpaired) electrons. The number of hydrogen-bond donors (Lipinski definition) is 1. The maximum absolute atomic E-state index is 13.2. The van der Waals surface area contributed by atoms with Crippen molar-refractivity contribution in [3.63, 3.8) is 0 Å². The van der Waals surface area contributed by atoms with Crippen LogP contribution in [0.4, 0.5) is 10.1 Å². The van der Waals surface area contributed by atoms with Crippen LogP contribution in [0.1, 0.15) is 11.1 Å². The van der Waals surface area contributed by atoms with Gasteiger partial charge in [-0.1, -0.05) is 35.4 Å². The van der Waals surface area contributed by atoms with Crippen molar-refractivity contribution in [2.45, 2.75) is 13.5 Å². The van der Waals surface area contributed by atoms with Gasteiger partial charge < -0.3 is 10.2 Å². The Morgan fingerprint density at radius 1 is 1.12 bits per heavy atom. The van der Waals surface area contributed by atoms with Crippen molar-refractivity contribution < 1.29 is 4.39 Å². The van der Waals surface area contributed by atoms with Crippen molar-refractivity contribution in [2.75, 3.05) is 31.5 Å². The highest BCUT2D eigenvalue weighted by atomic mass is 35.5. The Kier molecular flexibility index (Phi) is 5.89. The zero-order chi connectivity index (χ0) is 17.8. The number of benzene rings is 2.